The normalized spacial score (nSPS) is 29.8. The maximum atomic E-state index is 10.8. The van der Waals surface area contributed by atoms with Gasteiger partial charge in [-0.2, -0.15) is 0 Å². The maximum Gasteiger partial charge on any atom is 0.323 e. The van der Waals surface area contributed by atoms with Gasteiger partial charge in [0.2, 0.25) is 0 Å². The third kappa shape index (κ3) is 0.933. The first-order valence-electron chi connectivity index (χ1n) is 6.42. The van der Waals surface area contributed by atoms with Gasteiger partial charge in [-0.3, -0.25) is 9.36 Å². The Kier molecular flexibility index (Phi) is 1.62. The first-order chi connectivity index (χ1) is 8.56. The lowest BCUT2D eigenvalue weighted by molar-refractivity contribution is -0.137. The summed E-state index contributed by atoms with van der Waals surface area (Å²) < 4.78 is 1.13. The largest absolute Gasteiger partial charge is 0.494 e. The van der Waals surface area contributed by atoms with Gasteiger partial charge in [-0.25, -0.2) is 0 Å². The van der Waals surface area contributed by atoms with Crippen LogP contribution in [0.2, 0.25) is 0 Å². The lowest BCUT2D eigenvalue weighted by atomic mass is 9.91. The molecule has 2 saturated carbocycles. The van der Waals surface area contributed by atoms with Gasteiger partial charge in [0.25, 0.3) is 0 Å². The molecule has 1 spiro atoms. The number of carboxylic acids is 1. The minimum absolute atomic E-state index is 0.0247. The molecule has 3 aliphatic carbocycles. The van der Waals surface area contributed by atoms with Crippen molar-refractivity contribution in [3.8, 4) is 11.8 Å². The number of hydrogen-bond donors (Lipinski definition) is 3. The van der Waals surface area contributed by atoms with Gasteiger partial charge in [-0.05, 0) is 42.9 Å². The molecule has 5 nitrogen and oxygen atoms in total. The number of aliphatic carboxylic acids is 1. The fraction of sp³-hybridized carbons (Fsp3) is 0.615. The van der Waals surface area contributed by atoms with Crippen LogP contribution in [0.1, 0.15) is 48.6 Å². The van der Waals surface area contributed by atoms with E-state index in [-0.39, 0.29) is 18.3 Å². The number of carboxylic acid groups (broad SMARTS) is 1. The molecule has 0 radical (unpaired) electrons. The summed E-state index contributed by atoms with van der Waals surface area (Å²) in [6, 6.07) is 0. The Bertz CT molecular complexity index is 533. The molecular weight excluding hydrogens is 234 g/mol. The summed E-state index contributed by atoms with van der Waals surface area (Å²) in [5.74, 6) is -0.439. The van der Waals surface area contributed by atoms with Crippen LogP contribution in [-0.4, -0.2) is 25.9 Å². The molecule has 0 aliphatic heterocycles. The van der Waals surface area contributed by atoms with Crippen LogP contribution in [-0.2, 0) is 11.3 Å². The van der Waals surface area contributed by atoms with Crippen molar-refractivity contribution in [2.75, 3.05) is 0 Å². The number of aromatic hydroxyl groups is 2. The van der Waals surface area contributed by atoms with Crippen LogP contribution in [0.5, 0.6) is 11.8 Å². The number of aromatic nitrogens is 1. The minimum Gasteiger partial charge on any atom is -0.494 e. The minimum atomic E-state index is -1.05. The highest BCUT2D eigenvalue weighted by Crippen LogP contribution is 2.78. The summed E-state index contributed by atoms with van der Waals surface area (Å²) in [7, 11) is 0. The number of hydrogen-bond acceptors (Lipinski definition) is 3. The molecule has 0 amide bonds. The van der Waals surface area contributed by atoms with E-state index in [1.165, 1.54) is 12.8 Å². The van der Waals surface area contributed by atoms with E-state index in [1.807, 2.05) is 0 Å². The second-order valence-electron chi connectivity index (χ2n) is 5.87. The van der Waals surface area contributed by atoms with E-state index in [2.05, 4.69) is 0 Å². The molecule has 1 aromatic heterocycles. The number of nitrogens with zero attached hydrogens (tertiary/aromatic N) is 1. The predicted molar refractivity (Wildman–Crippen MR) is 61.8 cm³/mol. The van der Waals surface area contributed by atoms with E-state index < -0.39 is 5.97 Å². The summed E-state index contributed by atoms with van der Waals surface area (Å²) in [5, 5.41) is 29.2. The van der Waals surface area contributed by atoms with E-state index >= 15 is 0 Å². The summed E-state index contributed by atoms with van der Waals surface area (Å²) in [4.78, 5) is 10.8. The Morgan fingerprint density at radius 1 is 1.17 bits per heavy atom. The second-order valence-corrected chi connectivity index (χ2v) is 5.87. The van der Waals surface area contributed by atoms with Crippen LogP contribution < -0.4 is 0 Å². The zero-order valence-electron chi connectivity index (χ0n) is 9.89. The quantitative estimate of drug-likeness (QED) is 0.745. The standard InChI is InChI=1S/C13H15NO4/c15-8(16)5-14-11(17)9-6-1-2-7(10(9)12(14)18)13(6)3-4-13/h6-7,17-18H,1-5H2,(H,15,16). The summed E-state index contributed by atoms with van der Waals surface area (Å²) in [6.07, 6.45) is 4.47. The molecule has 2 bridgehead atoms. The molecular formula is C13H15NO4. The highest BCUT2D eigenvalue weighted by Gasteiger charge is 2.66. The SMILES string of the molecule is O=C(O)Cn1c(O)c2c(c1O)C1CCC2C12CC2. The van der Waals surface area contributed by atoms with Crippen molar-refractivity contribution in [1.82, 2.24) is 4.57 Å². The lowest BCUT2D eigenvalue weighted by Gasteiger charge is -2.15. The topological polar surface area (TPSA) is 82.7 Å². The average molecular weight is 249 g/mol. The monoisotopic (exact) mass is 249 g/mol. The maximum absolute atomic E-state index is 10.8. The van der Waals surface area contributed by atoms with Crippen LogP contribution in [0.15, 0.2) is 0 Å². The fourth-order valence-electron chi connectivity index (χ4n) is 4.46. The molecule has 2 fully saturated rings. The molecule has 3 aliphatic rings. The first kappa shape index (κ1) is 10.3. The predicted octanol–water partition coefficient (Wildman–Crippen LogP) is 1.74. The van der Waals surface area contributed by atoms with E-state index in [9.17, 15) is 15.0 Å². The van der Waals surface area contributed by atoms with Crippen molar-refractivity contribution in [2.45, 2.75) is 44.1 Å². The van der Waals surface area contributed by atoms with Gasteiger partial charge < -0.3 is 15.3 Å². The highest BCUT2D eigenvalue weighted by molar-refractivity contribution is 5.69. The number of carbonyl (C=O) groups is 1. The molecule has 18 heavy (non-hydrogen) atoms. The van der Waals surface area contributed by atoms with Crippen molar-refractivity contribution in [2.24, 2.45) is 5.41 Å². The zero-order chi connectivity index (χ0) is 12.7. The van der Waals surface area contributed by atoms with Gasteiger partial charge >= 0.3 is 5.97 Å². The van der Waals surface area contributed by atoms with Crippen LogP contribution in [0.25, 0.3) is 0 Å². The molecule has 5 heteroatoms. The van der Waals surface area contributed by atoms with Crippen LogP contribution in [0.3, 0.4) is 0 Å². The van der Waals surface area contributed by atoms with E-state index in [0.717, 1.165) is 28.5 Å². The van der Waals surface area contributed by atoms with Crippen LogP contribution in [0, 0.1) is 5.41 Å². The lowest BCUT2D eigenvalue weighted by Crippen LogP contribution is -2.10. The van der Waals surface area contributed by atoms with Gasteiger partial charge in [0.05, 0.1) is 0 Å². The Balaban J connectivity index is 1.88. The van der Waals surface area contributed by atoms with Gasteiger partial charge in [-0.1, -0.05) is 0 Å². The third-order valence-corrected chi connectivity index (χ3v) is 5.23. The molecule has 2 atom stereocenters. The Labute approximate surface area is 104 Å². The smallest absolute Gasteiger partial charge is 0.323 e. The van der Waals surface area contributed by atoms with Gasteiger partial charge in [0, 0.05) is 11.1 Å². The molecule has 1 heterocycles. The Morgan fingerprint density at radius 3 is 2.06 bits per heavy atom. The molecule has 4 rings (SSSR count). The average Bonchev–Trinajstić information content (AvgIpc) is 2.92. The number of rotatable bonds is 2. The molecule has 3 N–H and O–H groups in total. The molecule has 0 saturated heterocycles. The van der Waals surface area contributed by atoms with E-state index in [4.69, 9.17) is 5.11 Å². The summed E-state index contributed by atoms with van der Waals surface area (Å²) in [6.45, 7) is -0.378. The Morgan fingerprint density at radius 2 is 1.67 bits per heavy atom. The van der Waals surface area contributed by atoms with E-state index in [1.54, 1.807) is 0 Å². The van der Waals surface area contributed by atoms with Gasteiger partial charge in [-0.15, -0.1) is 0 Å². The van der Waals surface area contributed by atoms with Crippen molar-refractivity contribution < 1.29 is 20.1 Å². The molecule has 96 valence electrons. The molecule has 1 aromatic rings. The summed E-state index contributed by atoms with van der Waals surface area (Å²) in [5.41, 5.74) is 1.96. The Hall–Kier alpha value is -1.65. The van der Waals surface area contributed by atoms with Crippen molar-refractivity contribution in [3.05, 3.63) is 11.1 Å². The van der Waals surface area contributed by atoms with E-state index in [0.29, 0.717) is 17.3 Å². The zero-order valence-corrected chi connectivity index (χ0v) is 9.89. The van der Waals surface area contributed by atoms with Gasteiger partial charge in [0.1, 0.15) is 6.54 Å². The molecule has 0 aromatic carbocycles. The molecule has 2 unspecified atom stereocenters. The van der Waals surface area contributed by atoms with Crippen LogP contribution in [0.4, 0.5) is 0 Å². The first-order valence-corrected chi connectivity index (χ1v) is 6.42. The van der Waals surface area contributed by atoms with Gasteiger partial charge in [0.15, 0.2) is 11.8 Å². The highest BCUT2D eigenvalue weighted by atomic mass is 16.4. The van der Waals surface area contributed by atoms with Crippen molar-refractivity contribution in [3.63, 3.8) is 0 Å². The number of fused-ring (bicyclic) bond motifs is 3. The van der Waals surface area contributed by atoms with Crippen LogP contribution >= 0.6 is 0 Å². The van der Waals surface area contributed by atoms with Crippen molar-refractivity contribution in [1.29, 1.82) is 0 Å². The second kappa shape index (κ2) is 2.84. The van der Waals surface area contributed by atoms with Crippen molar-refractivity contribution >= 4 is 5.97 Å². The summed E-state index contributed by atoms with van der Waals surface area (Å²) >= 11 is 0. The fourth-order valence-corrected chi connectivity index (χ4v) is 4.46. The third-order valence-electron chi connectivity index (χ3n) is 5.23.